The van der Waals surface area contributed by atoms with Crippen LogP contribution in [0.15, 0.2) is 18.3 Å². The van der Waals surface area contributed by atoms with Crippen molar-refractivity contribution in [3.8, 4) is 6.07 Å². The zero-order chi connectivity index (χ0) is 14.4. The van der Waals surface area contributed by atoms with Crippen LogP contribution in [-0.2, 0) is 6.54 Å². The summed E-state index contributed by atoms with van der Waals surface area (Å²) in [7, 11) is 0. The van der Waals surface area contributed by atoms with Crippen molar-refractivity contribution in [2.75, 3.05) is 19.6 Å². The summed E-state index contributed by atoms with van der Waals surface area (Å²) in [5, 5.41) is 12.4. The Bertz CT molecular complexity index is 458. The SMILES string of the molecule is CC(C)N(Cc1ccnc(C#N)c1)CC1CCNCC1. The van der Waals surface area contributed by atoms with Crippen molar-refractivity contribution in [3.63, 3.8) is 0 Å². The van der Waals surface area contributed by atoms with Gasteiger partial charge in [0.15, 0.2) is 0 Å². The van der Waals surface area contributed by atoms with Gasteiger partial charge in [0.2, 0.25) is 0 Å². The third-order valence-electron chi connectivity index (χ3n) is 4.01. The number of nitriles is 1. The van der Waals surface area contributed by atoms with Crippen LogP contribution in [0.25, 0.3) is 0 Å². The van der Waals surface area contributed by atoms with Gasteiger partial charge in [0.25, 0.3) is 0 Å². The summed E-state index contributed by atoms with van der Waals surface area (Å²) < 4.78 is 0. The first-order valence-electron chi connectivity index (χ1n) is 7.49. The van der Waals surface area contributed by atoms with E-state index in [2.05, 4.69) is 35.1 Å². The molecule has 1 aromatic heterocycles. The first kappa shape index (κ1) is 15.0. The highest BCUT2D eigenvalue weighted by Crippen LogP contribution is 2.17. The molecule has 4 nitrogen and oxygen atoms in total. The summed E-state index contributed by atoms with van der Waals surface area (Å²) in [5.74, 6) is 0.788. The summed E-state index contributed by atoms with van der Waals surface area (Å²) in [6, 6.07) is 6.54. The lowest BCUT2D eigenvalue weighted by Crippen LogP contribution is -2.39. The fraction of sp³-hybridized carbons (Fsp3) is 0.625. The first-order chi connectivity index (χ1) is 9.69. The van der Waals surface area contributed by atoms with Crippen LogP contribution < -0.4 is 5.32 Å². The molecule has 1 aliphatic rings. The van der Waals surface area contributed by atoms with E-state index in [0.29, 0.717) is 11.7 Å². The van der Waals surface area contributed by atoms with Crippen LogP contribution in [0.3, 0.4) is 0 Å². The minimum absolute atomic E-state index is 0.507. The van der Waals surface area contributed by atoms with Crippen molar-refractivity contribution in [1.29, 1.82) is 5.26 Å². The Labute approximate surface area is 121 Å². The second kappa shape index (κ2) is 7.37. The van der Waals surface area contributed by atoms with Crippen LogP contribution >= 0.6 is 0 Å². The minimum Gasteiger partial charge on any atom is -0.317 e. The topological polar surface area (TPSA) is 52.0 Å². The van der Waals surface area contributed by atoms with E-state index in [1.807, 2.05) is 12.1 Å². The summed E-state index contributed by atoms with van der Waals surface area (Å²) >= 11 is 0. The molecular weight excluding hydrogens is 248 g/mol. The lowest BCUT2D eigenvalue weighted by molar-refractivity contribution is 0.162. The van der Waals surface area contributed by atoms with Crippen LogP contribution in [0.2, 0.25) is 0 Å². The average Bonchev–Trinajstić information content (AvgIpc) is 2.48. The van der Waals surface area contributed by atoms with E-state index in [1.165, 1.54) is 18.4 Å². The van der Waals surface area contributed by atoms with E-state index in [-0.39, 0.29) is 0 Å². The van der Waals surface area contributed by atoms with E-state index in [1.54, 1.807) is 6.20 Å². The third-order valence-corrected chi connectivity index (χ3v) is 4.01. The maximum atomic E-state index is 8.93. The molecule has 1 aliphatic heterocycles. The van der Waals surface area contributed by atoms with Crippen molar-refractivity contribution >= 4 is 0 Å². The van der Waals surface area contributed by atoms with Gasteiger partial charge in [0, 0.05) is 25.3 Å². The fourth-order valence-electron chi connectivity index (χ4n) is 2.72. The largest absolute Gasteiger partial charge is 0.317 e. The second-order valence-electron chi connectivity index (χ2n) is 5.88. The number of nitrogens with one attached hydrogen (secondary N) is 1. The van der Waals surface area contributed by atoms with E-state index in [0.717, 1.165) is 32.1 Å². The number of nitrogens with zero attached hydrogens (tertiary/aromatic N) is 3. The number of aromatic nitrogens is 1. The second-order valence-corrected chi connectivity index (χ2v) is 5.88. The van der Waals surface area contributed by atoms with Crippen LogP contribution in [-0.4, -0.2) is 35.6 Å². The highest BCUT2D eigenvalue weighted by molar-refractivity contribution is 5.25. The molecule has 1 N–H and O–H groups in total. The van der Waals surface area contributed by atoms with Crippen molar-refractivity contribution in [2.24, 2.45) is 5.92 Å². The average molecular weight is 272 g/mol. The molecule has 0 radical (unpaired) electrons. The molecule has 0 saturated carbocycles. The number of hydrogen-bond donors (Lipinski definition) is 1. The quantitative estimate of drug-likeness (QED) is 0.892. The molecule has 1 saturated heterocycles. The predicted octanol–water partition coefficient (Wildman–Crippen LogP) is 2.16. The molecule has 2 rings (SSSR count). The molecule has 0 aliphatic carbocycles. The third kappa shape index (κ3) is 4.29. The van der Waals surface area contributed by atoms with Crippen LogP contribution in [0.5, 0.6) is 0 Å². The summed E-state index contributed by atoms with van der Waals surface area (Å²) in [5.41, 5.74) is 1.69. The van der Waals surface area contributed by atoms with Crippen molar-refractivity contribution in [1.82, 2.24) is 15.2 Å². The normalized spacial score (nSPS) is 16.6. The Morgan fingerprint density at radius 3 is 2.85 bits per heavy atom. The summed E-state index contributed by atoms with van der Waals surface area (Å²) in [6.45, 7) is 8.82. The fourth-order valence-corrected chi connectivity index (χ4v) is 2.72. The Balaban J connectivity index is 1.99. The van der Waals surface area contributed by atoms with E-state index in [4.69, 9.17) is 5.26 Å². The highest BCUT2D eigenvalue weighted by Gasteiger charge is 2.19. The van der Waals surface area contributed by atoms with E-state index >= 15 is 0 Å². The molecule has 20 heavy (non-hydrogen) atoms. The van der Waals surface area contributed by atoms with Gasteiger partial charge < -0.3 is 5.32 Å². The van der Waals surface area contributed by atoms with Crippen LogP contribution in [0.1, 0.15) is 37.9 Å². The molecule has 0 unspecified atom stereocenters. The van der Waals surface area contributed by atoms with E-state index in [9.17, 15) is 0 Å². The molecule has 1 aromatic rings. The van der Waals surface area contributed by atoms with Gasteiger partial charge >= 0.3 is 0 Å². The smallest absolute Gasteiger partial charge is 0.140 e. The van der Waals surface area contributed by atoms with Crippen LogP contribution in [0.4, 0.5) is 0 Å². The van der Waals surface area contributed by atoms with Gasteiger partial charge in [-0.15, -0.1) is 0 Å². The maximum absolute atomic E-state index is 8.93. The van der Waals surface area contributed by atoms with Gasteiger partial charge in [-0.1, -0.05) is 0 Å². The van der Waals surface area contributed by atoms with Gasteiger partial charge in [-0.3, -0.25) is 4.90 Å². The van der Waals surface area contributed by atoms with Gasteiger partial charge in [-0.05, 0) is 63.4 Å². The zero-order valence-electron chi connectivity index (χ0n) is 12.5. The molecule has 4 heteroatoms. The van der Waals surface area contributed by atoms with Gasteiger partial charge in [0.1, 0.15) is 11.8 Å². The summed E-state index contributed by atoms with van der Waals surface area (Å²) in [4.78, 5) is 6.54. The molecule has 1 fully saturated rings. The van der Waals surface area contributed by atoms with Crippen molar-refractivity contribution < 1.29 is 0 Å². The van der Waals surface area contributed by atoms with Crippen molar-refractivity contribution in [3.05, 3.63) is 29.6 Å². The Kier molecular flexibility index (Phi) is 5.51. The monoisotopic (exact) mass is 272 g/mol. The molecule has 0 bridgehead atoms. The number of rotatable bonds is 5. The zero-order valence-corrected chi connectivity index (χ0v) is 12.5. The van der Waals surface area contributed by atoms with Gasteiger partial charge in [-0.2, -0.15) is 5.26 Å². The van der Waals surface area contributed by atoms with Gasteiger partial charge in [-0.25, -0.2) is 4.98 Å². The Morgan fingerprint density at radius 2 is 2.20 bits per heavy atom. The standard InChI is InChI=1S/C16H24N4/c1-13(2)20(11-14-3-6-18-7-4-14)12-15-5-8-19-16(9-15)10-17/h5,8-9,13-14,18H,3-4,6-7,11-12H2,1-2H3. The number of pyridine rings is 1. The summed E-state index contributed by atoms with van der Waals surface area (Å²) in [6.07, 6.45) is 4.27. The van der Waals surface area contributed by atoms with Crippen LogP contribution in [0, 0.1) is 17.2 Å². The maximum Gasteiger partial charge on any atom is 0.140 e. The molecule has 0 aromatic carbocycles. The Morgan fingerprint density at radius 1 is 1.45 bits per heavy atom. The lowest BCUT2D eigenvalue weighted by atomic mass is 9.97. The predicted molar refractivity (Wildman–Crippen MR) is 80.1 cm³/mol. The Hall–Kier alpha value is -1.44. The lowest BCUT2D eigenvalue weighted by Gasteiger charge is -2.32. The number of hydrogen-bond acceptors (Lipinski definition) is 4. The molecule has 0 atom stereocenters. The molecule has 0 spiro atoms. The number of piperidine rings is 1. The molecule has 2 heterocycles. The molecule has 0 amide bonds. The highest BCUT2D eigenvalue weighted by atomic mass is 15.1. The van der Waals surface area contributed by atoms with E-state index < -0.39 is 0 Å². The minimum atomic E-state index is 0.507. The first-order valence-corrected chi connectivity index (χ1v) is 7.49. The van der Waals surface area contributed by atoms with Crippen molar-refractivity contribution in [2.45, 2.75) is 39.3 Å². The molecular formula is C16H24N4. The van der Waals surface area contributed by atoms with Gasteiger partial charge in [0.05, 0.1) is 0 Å². The molecule has 108 valence electrons.